The third-order valence-electron chi connectivity index (χ3n) is 4.41. The maximum absolute atomic E-state index is 12.6. The smallest absolute Gasteiger partial charge is 0.254 e. The van der Waals surface area contributed by atoms with Crippen LogP contribution < -0.4 is 0 Å². The van der Waals surface area contributed by atoms with Crippen LogP contribution in [0.5, 0.6) is 0 Å². The van der Waals surface area contributed by atoms with Gasteiger partial charge >= 0.3 is 0 Å². The first kappa shape index (κ1) is 16.7. The van der Waals surface area contributed by atoms with Gasteiger partial charge in [-0.15, -0.1) is 0 Å². The molecular weight excluding hydrogens is 326 g/mol. The van der Waals surface area contributed by atoms with Gasteiger partial charge in [0.1, 0.15) is 5.76 Å². The van der Waals surface area contributed by atoms with Crippen molar-refractivity contribution in [3.05, 3.63) is 39.4 Å². The monoisotopic (exact) mass is 347 g/mol. The van der Waals surface area contributed by atoms with Gasteiger partial charge in [-0.3, -0.25) is 9.59 Å². The Balaban J connectivity index is 1.61. The normalized spacial score (nSPS) is 15.4. The van der Waals surface area contributed by atoms with Crippen LogP contribution in [0.25, 0.3) is 0 Å². The molecule has 2 aromatic heterocycles. The third-order valence-corrected chi connectivity index (χ3v) is 5.10. The Kier molecular flexibility index (Phi) is 4.99. The van der Waals surface area contributed by atoms with Gasteiger partial charge < -0.3 is 14.3 Å². The average Bonchev–Trinajstić information content (AvgIpc) is 3.13. The maximum atomic E-state index is 12.6. The van der Waals surface area contributed by atoms with Gasteiger partial charge in [-0.25, -0.2) is 0 Å². The second-order valence-corrected chi connectivity index (χ2v) is 6.80. The Morgan fingerprint density at radius 1 is 1.21 bits per heavy atom. The number of amides is 2. The zero-order valence-corrected chi connectivity index (χ0v) is 14.8. The van der Waals surface area contributed by atoms with Crippen molar-refractivity contribution in [1.29, 1.82) is 0 Å². The molecule has 1 aliphatic heterocycles. The lowest BCUT2D eigenvalue weighted by atomic mass is 10.1. The lowest BCUT2D eigenvalue weighted by Gasteiger charge is -2.22. The zero-order valence-electron chi connectivity index (χ0n) is 13.9. The summed E-state index contributed by atoms with van der Waals surface area (Å²) in [4.78, 5) is 28.7. The molecule has 128 valence electrons. The molecule has 0 saturated carbocycles. The van der Waals surface area contributed by atoms with E-state index in [4.69, 9.17) is 4.52 Å². The fourth-order valence-electron chi connectivity index (χ4n) is 2.96. The molecule has 0 bridgehead atoms. The predicted octanol–water partition coefficient (Wildman–Crippen LogP) is 2.27. The Morgan fingerprint density at radius 3 is 2.62 bits per heavy atom. The van der Waals surface area contributed by atoms with Gasteiger partial charge in [0.05, 0.1) is 17.7 Å². The van der Waals surface area contributed by atoms with Crippen molar-refractivity contribution in [3.63, 3.8) is 0 Å². The topological polar surface area (TPSA) is 66.7 Å². The predicted molar refractivity (Wildman–Crippen MR) is 91.1 cm³/mol. The second kappa shape index (κ2) is 7.17. The quantitative estimate of drug-likeness (QED) is 0.854. The van der Waals surface area contributed by atoms with E-state index < -0.39 is 0 Å². The third kappa shape index (κ3) is 3.51. The highest BCUT2D eigenvalue weighted by atomic mass is 32.1. The molecule has 0 N–H and O–H groups in total. The van der Waals surface area contributed by atoms with E-state index in [1.54, 1.807) is 0 Å². The number of aryl methyl sites for hydroxylation is 2. The summed E-state index contributed by atoms with van der Waals surface area (Å²) in [5.74, 6) is 0.815. The lowest BCUT2D eigenvalue weighted by Crippen LogP contribution is -2.38. The highest BCUT2D eigenvalue weighted by Gasteiger charge is 2.24. The Bertz CT molecular complexity index is 704. The molecule has 0 atom stereocenters. The highest BCUT2D eigenvalue weighted by Crippen LogP contribution is 2.16. The number of hydrogen-bond donors (Lipinski definition) is 0. The van der Waals surface area contributed by atoms with Crippen LogP contribution >= 0.6 is 11.3 Å². The summed E-state index contributed by atoms with van der Waals surface area (Å²) in [5, 5.41) is 7.67. The highest BCUT2D eigenvalue weighted by molar-refractivity contribution is 7.08. The summed E-state index contributed by atoms with van der Waals surface area (Å²) in [6, 6.07) is 1.85. The zero-order chi connectivity index (χ0) is 17.1. The first-order valence-electron chi connectivity index (χ1n) is 8.07. The minimum Gasteiger partial charge on any atom is -0.361 e. The Labute approximate surface area is 145 Å². The minimum absolute atomic E-state index is 0.0521. The molecule has 1 fully saturated rings. The average molecular weight is 347 g/mol. The molecule has 2 amide bonds. The number of aromatic nitrogens is 1. The number of carbonyl (C=O) groups excluding carboxylic acids is 2. The van der Waals surface area contributed by atoms with Crippen molar-refractivity contribution < 1.29 is 14.1 Å². The molecule has 2 aromatic rings. The van der Waals surface area contributed by atoms with Crippen LogP contribution in [0.2, 0.25) is 0 Å². The van der Waals surface area contributed by atoms with Crippen LogP contribution in [-0.2, 0) is 11.2 Å². The summed E-state index contributed by atoms with van der Waals surface area (Å²) in [6.07, 6.45) is 1.10. The molecule has 1 aliphatic rings. The molecule has 0 aromatic carbocycles. The molecule has 0 aliphatic carbocycles. The van der Waals surface area contributed by atoms with Crippen LogP contribution in [-0.4, -0.2) is 52.9 Å². The molecule has 3 rings (SSSR count). The number of rotatable bonds is 3. The fraction of sp³-hybridized carbons (Fsp3) is 0.471. The van der Waals surface area contributed by atoms with E-state index in [9.17, 15) is 9.59 Å². The van der Waals surface area contributed by atoms with Crippen LogP contribution in [0, 0.1) is 13.8 Å². The molecule has 0 unspecified atom stereocenters. The van der Waals surface area contributed by atoms with Crippen molar-refractivity contribution in [2.24, 2.45) is 0 Å². The summed E-state index contributed by atoms with van der Waals surface area (Å²) in [7, 11) is 0. The van der Waals surface area contributed by atoms with Gasteiger partial charge in [-0.1, -0.05) is 5.16 Å². The maximum Gasteiger partial charge on any atom is 0.254 e. The van der Waals surface area contributed by atoms with Gasteiger partial charge in [0.2, 0.25) is 5.91 Å². The summed E-state index contributed by atoms with van der Waals surface area (Å²) < 4.78 is 5.13. The second-order valence-electron chi connectivity index (χ2n) is 6.02. The molecule has 0 radical (unpaired) electrons. The molecule has 3 heterocycles. The van der Waals surface area contributed by atoms with E-state index >= 15 is 0 Å². The SMILES string of the molecule is Cc1noc(C)c1CC(=O)N1CCCN(C(=O)c2ccsc2)CC1. The van der Waals surface area contributed by atoms with Crippen LogP contribution in [0.1, 0.15) is 33.8 Å². The first-order valence-corrected chi connectivity index (χ1v) is 9.01. The number of nitrogens with zero attached hydrogens (tertiary/aromatic N) is 3. The van der Waals surface area contributed by atoms with Crippen LogP contribution in [0.4, 0.5) is 0 Å². The van der Waals surface area contributed by atoms with E-state index in [1.165, 1.54) is 11.3 Å². The molecule has 0 spiro atoms. The fourth-order valence-corrected chi connectivity index (χ4v) is 3.59. The molecule has 24 heavy (non-hydrogen) atoms. The van der Waals surface area contributed by atoms with Gasteiger partial charge in [0.25, 0.3) is 5.91 Å². The molecular formula is C17H21N3O3S. The standard InChI is InChI=1S/C17H21N3O3S/c1-12-15(13(2)23-18-12)10-16(21)19-5-3-6-20(8-7-19)17(22)14-4-9-24-11-14/h4,9,11H,3,5-8,10H2,1-2H3. The van der Waals surface area contributed by atoms with Crippen LogP contribution in [0.15, 0.2) is 21.3 Å². The van der Waals surface area contributed by atoms with Gasteiger partial charge in [0.15, 0.2) is 0 Å². The van der Waals surface area contributed by atoms with Crippen molar-refractivity contribution in [2.75, 3.05) is 26.2 Å². The number of hydrogen-bond acceptors (Lipinski definition) is 5. The summed E-state index contributed by atoms with van der Waals surface area (Å²) >= 11 is 1.52. The van der Waals surface area contributed by atoms with Gasteiger partial charge in [-0.2, -0.15) is 11.3 Å². The first-order chi connectivity index (χ1) is 11.6. The number of carbonyl (C=O) groups is 2. The van der Waals surface area contributed by atoms with Crippen molar-refractivity contribution in [1.82, 2.24) is 15.0 Å². The molecule has 7 heteroatoms. The largest absolute Gasteiger partial charge is 0.361 e. The minimum atomic E-state index is 0.0521. The van der Waals surface area contributed by atoms with E-state index in [-0.39, 0.29) is 11.8 Å². The van der Waals surface area contributed by atoms with E-state index in [0.717, 1.165) is 23.2 Å². The van der Waals surface area contributed by atoms with Crippen molar-refractivity contribution in [3.8, 4) is 0 Å². The van der Waals surface area contributed by atoms with Crippen LogP contribution in [0.3, 0.4) is 0 Å². The molecule has 6 nitrogen and oxygen atoms in total. The van der Waals surface area contributed by atoms with Crippen molar-refractivity contribution in [2.45, 2.75) is 26.7 Å². The number of thiophene rings is 1. The Morgan fingerprint density at radius 2 is 1.96 bits per heavy atom. The van der Waals surface area contributed by atoms with Gasteiger partial charge in [0, 0.05) is 37.1 Å². The Hall–Kier alpha value is -2.15. The molecule has 1 saturated heterocycles. The summed E-state index contributed by atoms with van der Waals surface area (Å²) in [5.41, 5.74) is 2.37. The van der Waals surface area contributed by atoms with Crippen molar-refractivity contribution >= 4 is 23.2 Å². The lowest BCUT2D eigenvalue weighted by molar-refractivity contribution is -0.130. The summed E-state index contributed by atoms with van der Waals surface area (Å²) in [6.45, 7) is 6.18. The van der Waals surface area contributed by atoms with E-state index in [1.807, 2.05) is 40.5 Å². The van der Waals surface area contributed by atoms with E-state index in [2.05, 4.69) is 5.16 Å². The van der Waals surface area contributed by atoms with Gasteiger partial charge in [-0.05, 0) is 31.7 Å². The van der Waals surface area contributed by atoms with E-state index in [0.29, 0.717) is 38.4 Å².